The number of amides is 1. The van der Waals surface area contributed by atoms with Crippen LogP contribution < -0.4 is 19.2 Å². The summed E-state index contributed by atoms with van der Waals surface area (Å²) in [5.74, 6) is -0.0994. The smallest absolute Gasteiger partial charge is 0.264 e. The summed E-state index contributed by atoms with van der Waals surface area (Å²) in [5, 5.41) is 15.9. The Balaban J connectivity index is 1.66. The van der Waals surface area contributed by atoms with E-state index in [0.717, 1.165) is 15.1 Å². The summed E-state index contributed by atoms with van der Waals surface area (Å²) in [4.78, 5) is 12.9. The molecule has 0 aliphatic rings. The lowest BCUT2D eigenvalue weighted by molar-refractivity contribution is -0.119. The molecule has 0 unspecified atom stereocenters. The number of methoxy groups -OCH3 is 2. The molecular formula is C27H25N3O6S. The summed E-state index contributed by atoms with van der Waals surface area (Å²) in [6, 6.07) is 23.1. The van der Waals surface area contributed by atoms with Crippen LogP contribution in [-0.4, -0.2) is 46.4 Å². The van der Waals surface area contributed by atoms with E-state index >= 15 is 0 Å². The van der Waals surface area contributed by atoms with Crippen molar-refractivity contribution in [2.75, 3.05) is 25.1 Å². The van der Waals surface area contributed by atoms with E-state index in [-0.39, 0.29) is 22.1 Å². The van der Waals surface area contributed by atoms with Crippen molar-refractivity contribution in [3.8, 4) is 17.2 Å². The van der Waals surface area contributed by atoms with Gasteiger partial charge in [0.1, 0.15) is 23.8 Å². The number of rotatable bonds is 9. The molecule has 0 saturated carbocycles. The summed E-state index contributed by atoms with van der Waals surface area (Å²) < 4.78 is 38.8. The number of carbonyl (C=O) groups excluding carboxylic acids is 1. The van der Waals surface area contributed by atoms with E-state index in [9.17, 15) is 18.3 Å². The van der Waals surface area contributed by atoms with E-state index < -0.39 is 22.5 Å². The molecule has 0 spiro atoms. The zero-order valence-corrected chi connectivity index (χ0v) is 21.0. The maximum atomic E-state index is 13.6. The molecule has 0 atom stereocenters. The van der Waals surface area contributed by atoms with E-state index in [1.54, 1.807) is 36.4 Å². The fourth-order valence-electron chi connectivity index (χ4n) is 3.77. The summed E-state index contributed by atoms with van der Waals surface area (Å²) in [5.41, 5.74) is 2.89. The molecule has 4 aromatic carbocycles. The number of hydrogen-bond acceptors (Lipinski definition) is 7. The lowest BCUT2D eigenvalue weighted by atomic mass is 10.0. The molecule has 37 heavy (non-hydrogen) atoms. The van der Waals surface area contributed by atoms with Gasteiger partial charge in [-0.15, -0.1) is 0 Å². The Kier molecular flexibility index (Phi) is 7.59. The van der Waals surface area contributed by atoms with Crippen LogP contribution in [0.15, 0.2) is 94.9 Å². The highest BCUT2D eigenvalue weighted by Gasteiger charge is 2.29. The highest BCUT2D eigenvalue weighted by molar-refractivity contribution is 7.92. The first kappa shape index (κ1) is 25.5. The van der Waals surface area contributed by atoms with E-state index in [1.807, 2.05) is 24.3 Å². The third kappa shape index (κ3) is 5.49. The van der Waals surface area contributed by atoms with Crippen LogP contribution >= 0.6 is 0 Å². The van der Waals surface area contributed by atoms with Gasteiger partial charge in [-0.1, -0.05) is 48.5 Å². The lowest BCUT2D eigenvalue weighted by Crippen LogP contribution is -2.39. The number of sulfonamides is 1. The molecule has 1 amide bonds. The lowest BCUT2D eigenvalue weighted by Gasteiger charge is -2.25. The molecule has 190 valence electrons. The van der Waals surface area contributed by atoms with Crippen molar-refractivity contribution < 1.29 is 27.8 Å². The van der Waals surface area contributed by atoms with Crippen LogP contribution in [0.25, 0.3) is 10.8 Å². The van der Waals surface area contributed by atoms with Crippen molar-refractivity contribution in [1.82, 2.24) is 5.43 Å². The Bertz CT molecular complexity index is 1560. The predicted octanol–water partition coefficient (Wildman–Crippen LogP) is 3.91. The van der Waals surface area contributed by atoms with Crippen LogP contribution in [0, 0.1) is 0 Å². The van der Waals surface area contributed by atoms with Crippen LogP contribution in [0.1, 0.15) is 5.56 Å². The number of phenolic OH excluding ortho intramolecular Hbond substituents is 1. The van der Waals surface area contributed by atoms with Gasteiger partial charge in [0.05, 0.1) is 31.0 Å². The molecule has 0 aliphatic heterocycles. The number of fused-ring (bicyclic) bond motifs is 1. The third-order valence-corrected chi connectivity index (χ3v) is 7.38. The van der Waals surface area contributed by atoms with Gasteiger partial charge in [0.2, 0.25) is 0 Å². The number of hydrazone groups is 1. The second-order valence-corrected chi connectivity index (χ2v) is 9.74. The maximum absolute atomic E-state index is 13.6. The Morgan fingerprint density at radius 2 is 1.70 bits per heavy atom. The van der Waals surface area contributed by atoms with Crippen molar-refractivity contribution in [2.45, 2.75) is 4.90 Å². The van der Waals surface area contributed by atoms with Gasteiger partial charge in [-0.05, 0) is 41.1 Å². The molecule has 10 heteroatoms. The normalized spacial score (nSPS) is 11.4. The molecule has 9 nitrogen and oxygen atoms in total. The van der Waals surface area contributed by atoms with Gasteiger partial charge in [-0.2, -0.15) is 5.10 Å². The fraction of sp³-hybridized carbons (Fsp3) is 0.111. The molecule has 0 aromatic heterocycles. The van der Waals surface area contributed by atoms with Gasteiger partial charge >= 0.3 is 0 Å². The predicted molar refractivity (Wildman–Crippen MR) is 142 cm³/mol. The molecular weight excluding hydrogens is 494 g/mol. The molecule has 0 bridgehead atoms. The monoisotopic (exact) mass is 519 g/mol. The van der Waals surface area contributed by atoms with Gasteiger partial charge < -0.3 is 14.6 Å². The Morgan fingerprint density at radius 1 is 0.973 bits per heavy atom. The van der Waals surface area contributed by atoms with Crippen molar-refractivity contribution in [3.63, 3.8) is 0 Å². The standard InChI is InChI=1S/C27H25N3O6S/c1-35-20-13-15-26(36-2)24(16-20)30(37(33,34)21-9-4-3-5-10-21)18-27(32)29-28-17-23-22-11-7-6-8-19(22)12-14-25(23)31/h3-17,31H,18H2,1-2H3,(H,29,32)/b28-17-. The zero-order valence-electron chi connectivity index (χ0n) is 20.2. The van der Waals surface area contributed by atoms with E-state index in [2.05, 4.69) is 10.5 Å². The van der Waals surface area contributed by atoms with Gasteiger partial charge in [0.25, 0.3) is 15.9 Å². The molecule has 4 aromatic rings. The zero-order chi connectivity index (χ0) is 26.4. The van der Waals surface area contributed by atoms with Gasteiger partial charge in [0.15, 0.2) is 0 Å². The molecule has 0 saturated heterocycles. The van der Waals surface area contributed by atoms with Gasteiger partial charge in [-0.25, -0.2) is 13.8 Å². The first-order chi connectivity index (χ1) is 17.8. The number of anilines is 1. The summed E-state index contributed by atoms with van der Waals surface area (Å²) >= 11 is 0. The highest BCUT2D eigenvalue weighted by Crippen LogP contribution is 2.35. The Labute approximate surface area is 214 Å². The average Bonchev–Trinajstić information content (AvgIpc) is 2.93. The number of ether oxygens (including phenoxy) is 2. The fourth-order valence-corrected chi connectivity index (χ4v) is 5.21. The van der Waals surface area contributed by atoms with Crippen molar-refractivity contribution in [2.24, 2.45) is 5.10 Å². The molecule has 0 heterocycles. The molecule has 2 N–H and O–H groups in total. The Morgan fingerprint density at radius 3 is 2.43 bits per heavy atom. The van der Waals surface area contributed by atoms with Crippen molar-refractivity contribution >= 4 is 38.6 Å². The van der Waals surface area contributed by atoms with Crippen LogP contribution in [0.4, 0.5) is 5.69 Å². The van der Waals surface area contributed by atoms with Crippen molar-refractivity contribution in [3.05, 3.63) is 90.5 Å². The summed E-state index contributed by atoms with van der Waals surface area (Å²) in [7, 11) is -1.32. The molecule has 0 radical (unpaired) electrons. The number of nitrogens with zero attached hydrogens (tertiary/aromatic N) is 2. The quantitative estimate of drug-likeness (QED) is 0.256. The SMILES string of the molecule is COc1ccc(OC)c(N(CC(=O)N/N=C\c2c(O)ccc3ccccc23)S(=O)(=O)c2ccccc2)c1. The minimum absolute atomic E-state index is 0.00291. The Hall–Kier alpha value is -4.57. The van der Waals surface area contributed by atoms with E-state index in [4.69, 9.17) is 9.47 Å². The second kappa shape index (κ2) is 11.0. The molecule has 0 fully saturated rings. The minimum Gasteiger partial charge on any atom is -0.507 e. The average molecular weight is 520 g/mol. The maximum Gasteiger partial charge on any atom is 0.264 e. The number of aromatic hydroxyl groups is 1. The van der Waals surface area contributed by atoms with Crippen LogP contribution in [-0.2, 0) is 14.8 Å². The van der Waals surface area contributed by atoms with Crippen LogP contribution in [0.5, 0.6) is 17.2 Å². The number of nitrogens with one attached hydrogen (secondary N) is 1. The summed E-state index contributed by atoms with van der Waals surface area (Å²) in [6.07, 6.45) is 1.32. The number of benzene rings is 4. The summed E-state index contributed by atoms with van der Waals surface area (Å²) in [6.45, 7) is -0.598. The van der Waals surface area contributed by atoms with Crippen molar-refractivity contribution in [1.29, 1.82) is 0 Å². The van der Waals surface area contributed by atoms with Gasteiger partial charge in [0, 0.05) is 11.6 Å². The van der Waals surface area contributed by atoms with E-state index in [0.29, 0.717) is 11.3 Å². The molecule has 4 rings (SSSR count). The second-order valence-electron chi connectivity index (χ2n) is 7.88. The highest BCUT2D eigenvalue weighted by atomic mass is 32.2. The van der Waals surface area contributed by atoms with E-state index in [1.165, 1.54) is 44.7 Å². The third-order valence-electron chi connectivity index (χ3n) is 5.60. The van der Waals surface area contributed by atoms with Crippen LogP contribution in [0.3, 0.4) is 0 Å². The number of hydrogen-bond donors (Lipinski definition) is 2. The number of carbonyl (C=O) groups is 1. The topological polar surface area (TPSA) is 118 Å². The first-order valence-electron chi connectivity index (χ1n) is 11.2. The largest absolute Gasteiger partial charge is 0.507 e. The first-order valence-corrected chi connectivity index (χ1v) is 12.6. The molecule has 0 aliphatic carbocycles. The van der Waals surface area contributed by atoms with Crippen LogP contribution in [0.2, 0.25) is 0 Å². The van der Waals surface area contributed by atoms with Gasteiger partial charge in [-0.3, -0.25) is 9.10 Å². The minimum atomic E-state index is -4.17. The number of phenols is 1.